The first kappa shape index (κ1) is 41.8. The summed E-state index contributed by atoms with van der Waals surface area (Å²) >= 11 is 0. The first-order chi connectivity index (χ1) is 27.3. The second-order valence-electron chi connectivity index (χ2n) is 17.1. The lowest BCUT2D eigenvalue weighted by molar-refractivity contribution is -0.141. The Hall–Kier alpha value is -4.33. The number of sulfonamides is 2. The number of nitrogens with one attached hydrogen (secondary N) is 4. The Morgan fingerprint density at radius 3 is 2.28 bits per heavy atom. The molecule has 0 aromatic heterocycles. The Morgan fingerprint density at radius 1 is 0.983 bits per heavy atom. The van der Waals surface area contributed by atoms with Crippen LogP contribution in [0.5, 0.6) is 0 Å². The van der Waals surface area contributed by atoms with E-state index in [1.54, 1.807) is 18.2 Å². The van der Waals surface area contributed by atoms with E-state index in [2.05, 4.69) is 20.7 Å². The maximum absolute atomic E-state index is 14.7. The molecule has 0 bridgehead atoms. The van der Waals surface area contributed by atoms with E-state index >= 15 is 0 Å². The molecule has 2 saturated heterocycles. The number of benzene rings is 2. The Labute approximate surface area is 338 Å². The number of piperazine rings is 1. The average molecular weight is 846 g/mol. The van der Waals surface area contributed by atoms with E-state index < -0.39 is 84.1 Å². The molecule has 4 N–H and O–H groups in total. The fraction of sp³-hybridized carbons (Fsp3) is 0.590. The van der Waals surface area contributed by atoms with Crippen LogP contribution in [0.2, 0.25) is 0 Å². The normalized spacial score (nSPS) is 25.4. The van der Waals surface area contributed by atoms with E-state index in [0.29, 0.717) is 56.7 Å². The molecular weight excluding hydrogens is 794 g/mol. The van der Waals surface area contributed by atoms with Crippen LogP contribution in [-0.2, 0) is 52.3 Å². The van der Waals surface area contributed by atoms with Crippen LogP contribution in [0.4, 0.5) is 14.9 Å². The van der Waals surface area contributed by atoms with Gasteiger partial charge < -0.3 is 25.6 Å². The van der Waals surface area contributed by atoms with Crippen molar-refractivity contribution in [3.8, 4) is 0 Å². The van der Waals surface area contributed by atoms with Crippen LogP contribution in [-0.4, -0.2) is 116 Å². The number of rotatable bonds is 12. The van der Waals surface area contributed by atoms with Gasteiger partial charge >= 0.3 is 6.09 Å². The minimum absolute atomic E-state index is 0.108. The molecule has 0 unspecified atom stereocenters. The molecule has 5 aliphatic rings. The Bertz CT molecular complexity index is 2170. The summed E-state index contributed by atoms with van der Waals surface area (Å²) in [7, 11) is -7.64. The molecule has 16 nitrogen and oxygen atoms in total. The first-order valence-corrected chi connectivity index (χ1v) is 22.8. The van der Waals surface area contributed by atoms with E-state index in [1.165, 1.54) is 38.4 Å². The highest BCUT2D eigenvalue weighted by molar-refractivity contribution is 7.91. The monoisotopic (exact) mass is 845 g/mol. The first-order valence-electron chi connectivity index (χ1n) is 19.8. The fourth-order valence-electron chi connectivity index (χ4n) is 8.12. The van der Waals surface area contributed by atoms with Crippen molar-refractivity contribution in [2.45, 2.75) is 107 Å². The fourth-order valence-corrected chi connectivity index (χ4v) is 10.9. The van der Waals surface area contributed by atoms with Gasteiger partial charge in [0.25, 0.3) is 5.91 Å². The molecule has 3 aliphatic heterocycles. The van der Waals surface area contributed by atoms with Gasteiger partial charge in [-0.3, -0.25) is 24.0 Å². The summed E-state index contributed by atoms with van der Waals surface area (Å²) in [5.74, 6) is -2.79. The van der Waals surface area contributed by atoms with Crippen molar-refractivity contribution in [3.63, 3.8) is 0 Å². The Kier molecular flexibility index (Phi) is 11.3. The third-order valence-electron chi connectivity index (χ3n) is 11.8. The summed E-state index contributed by atoms with van der Waals surface area (Å²) in [4.78, 5) is 59.0. The second-order valence-corrected chi connectivity index (χ2v) is 21.0. The van der Waals surface area contributed by atoms with Crippen LogP contribution in [0.3, 0.4) is 0 Å². The highest BCUT2D eigenvalue weighted by atomic mass is 32.2. The largest absolute Gasteiger partial charge is 0.444 e. The Balaban J connectivity index is 1.12. The number of fused-ring (bicyclic) bond motifs is 1. The zero-order valence-electron chi connectivity index (χ0n) is 33.1. The van der Waals surface area contributed by atoms with Crippen LogP contribution in [0.1, 0.15) is 70.9 Å². The van der Waals surface area contributed by atoms with Gasteiger partial charge in [0.05, 0.1) is 16.7 Å². The van der Waals surface area contributed by atoms with E-state index in [-0.39, 0.29) is 43.3 Å². The molecule has 2 aliphatic carbocycles. The maximum atomic E-state index is 14.7. The average Bonchev–Trinajstić information content (AvgIpc) is 4.08. The third-order valence-corrected chi connectivity index (χ3v) is 15.5. The highest BCUT2D eigenvalue weighted by Crippen LogP contribution is 2.47. The molecule has 58 heavy (non-hydrogen) atoms. The van der Waals surface area contributed by atoms with Crippen molar-refractivity contribution in [3.05, 3.63) is 59.4 Å². The van der Waals surface area contributed by atoms with Gasteiger partial charge in [-0.25, -0.2) is 26.0 Å². The molecule has 0 spiro atoms. The summed E-state index contributed by atoms with van der Waals surface area (Å²) in [6, 6.07) is 8.21. The molecule has 316 valence electrons. The minimum Gasteiger partial charge on any atom is -0.444 e. The summed E-state index contributed by atoms with van der Waals surface area (Å²) in [6.45, 7) is 9.27. The van der Waals surface area contributed by atoms with Crippen molar-refractivity contribution in [2.24, 2.45) is 11.3 Å². The molecule has 4 fully saturated rings. The molecular formula is C39H52FN7O9S2. The molecule has 4 amide bonds. The number of carbonyl (C=O) groups excluding carboxylic acids is 4. The summed E-state index contributed by atoms with van der Waals surface area (Å²) in [6.07, 6.45) is -0.164. The van der Waals surface area contributed by atoms with Crippen molar-refractivity contribution in [1.29, 1.82) is 0 Å². The lowest BCUT2D eigenvalue weighted by atomic mass is 9.85. The number of amides is 4. The molecule has 2 aromatic rings. The number of anilines is 1. The number of nitrogens with zero attached hydrogens (tertiary/aromatic N) is 3. The maximum Gasteiger partial charge on any atom is 0.410 e. The molecule has 7 rings (SSSR count). The predicted octanol–water partition coefficient (Wildman–Crippen LogP) is 2.26. The van der Waals surface area contributed by atoms with Crippen molar-refractivity contribution < 1.29 is 45.1 Å². The van der Waals surface area contributed by atoms with Crippen LogP contribution in [0.25, 0.3) is 0 Å². The van der Waals surface area contributed by atoms with E-state index in [9.17, 15) is 40.4 Å². The van der Waals surface area contributed by atoms with E-state index in [1.807, 2.05) is 27.7 Å². The van der Waals surface area contributed by atoms with Gasteiger partial charge in [-0.15, -0.1) is 0 Å². The SMILES string of the molecule is CC[C@@H]1C[C@]1(NC(=O)[C@@H]1C[C@@H](OC(=O)N2Cc3ccc(F)cc3C2)CN1C(=O)[C@@H](Nc1ccc(S(=O)(=O)N2CCNCC2)cc1)C(C)(C)C)C(=O)NS(=O)(=O)C1CC1. The van der Waals surface area contributed by atoms with Crippen LogP contribution in [0, 0.1) is 17.2 Å². The second kappa shape index (κ2) is 15.7. The summed E-state index contributed by atoms with van der Waals surface area (Å²) in [5.41, 5.74) is -0.390. The number of likely N-dealkylation sites (tertiary alicyclic amines) is 1. The molecule has 3 heterocycles. The van der Waals surface area contributed by atoms with Gasteiger partial charge in [0.1, 0.15) is 29.5 Å². The van der Waals surface area contributed by atoms with Crippen LogP contribution >= 0.6 is 0 Å². The molecule has 5 atom stereocenters. The number of hydrogen-bond acceptors (Lipinski definition) is 11. The van der Waals surface area contributed by atoms with Gasteiger partial charge in [0.15, 0.2) is 0 Å². The van der Waals surface area contributed by atoms with E-state index in [0.717, 1.165) is 5.56 Å². The molecule has 2 saturated carbocycles. The lowest BCUT2D eigenvalue weighted by Gasteiger charge is -2.36. The van der Waals surface area contributed by atoms with Gasteiger partial charge in [-0.05, 0) is 78.1 Å². The summed E-state index contributed by atoms with van der Waals surface area (Å²) in [5, 5.41) is 8.55. The van der Waals surface area contributed by atoms with Crippen molar-refractivity contribution in [1.82, 2.24) is 29.5 Å². The highest BCUT2D eigenvalue weighted by Gasteiger charge is 2.62. The number of hydrogen-bond donors (Lipinski definition) is 4. The smallest absolute Gasteiger partial charge is 0.410 e. The molecule has 19 heteroatoms. The summed E-state index contributed by atoms with van der Waals surface area (Å²) < 4.78 is 75.5. The Morgan fingerprint density at radius 2 is 1.66 bits per heavy atom. The van der Waals surface area contributed by atoms with Crippen LogP contribution < -0.4 is 20.7 Å². The quantitative estimate of drug-likeness (QED) is 0.244. The van der Waals surface area contributed by atoms with Gasteiger partial charge in [-0.1, -0.05) is 40.2 Å². The van der Waals surface area contributed by atoms with Crippen LogP contribution in [0.15, 0.2) is 47.4 Å². The van der Waals surface area contributed by atoms with Gasteiger partial charge in [-0.2, -0.15) is 4.31 Å². The van der Waals surface area contributed by atoms with Gasteiger partial charge in [0, 0.05) is 51.4 Å². The van der Waals surface area contributed by atoms with E-state index in [4.69, 9.17) is 4.74 Å². The molecule has 0 radical (unpaired) electrons. The topological polar surface area (TPSA) is 204 Å². The lowest BCUT2D eigenvalue weighted by Crippen LogP contribution is -2.58. The number of ether oxygens (including phenoxy) is 1. The minimum atomic E-state index is -3.91. The zero-order chi connectivity index (χ0) is 41.8. The predicted molar refractivity (Wildman–Crippen MR) is 210 cm³/mol. The standard InChI is InChI=1S/C39H52FN7O9S2/c1-5-26-20-39(26,36(50)44-57(52,53)30-12-13-30)43-34(48)32-19-29(56-37(51)45-21-24-6-7-27(40)18-25(24)22-45)23-47(32)35(49)33(38(2,3)4)42-28-8-10-31(11-9-28)58(54,55)46-16-14-41-15-17-46/h6-11,18,26,29-30,32-33,41-42H,5,12-17,19-23H2,1-4H3,(H,43,48)(H,44,50)/t26-,29-,32+,33-,39-/m1/s1. The third kappa shape index (κ3) is 8.54. The zero-order valence-corrected chi connectivity index (χ0v) is 34.8. The number of halogens is 1. The number of carbonyl (C=O) groups is 4. The van der Waals surface area contributed by atoms with Gasteiger partial charge in [0.2, 0.25) is 31.9 Å². The van der Waals surface area contributed by atoms with Crippen molar-refractivity contribution >= 4 is 49.5 Å². The molecule has 2 aromatic carbocycles. The van der Waals surface area contributed by atoms with Crippen molar-refractivity contribution in [2.75, 3.05) is 38.0 Å².